The molecule has 1 rings (SSSR count). The van der Waals surface area contributed by atoms with E-state index in [1.165, 1.54) is 21.3 Å². The molecule has 1 aromatic carbocycles. The summed E-state index contributed by atoms with van der Waals surface area (Å²) in [6.45, 7) is 4.56. The minimum atomic E-state index is -3.52. The molecule has 0 aliphatic rings. The van der Waals surface area contributed by atoms with E-state index in [-0.39, 0.29) is 29.8 Å². The van der Waals surface area contributed by atoms with Gasteiger partial charge in [0.1, 0.15) is 0 Å². The van der Waals surface area contributed by atoms with Crippen molar-refractivity contribution < 1.29 is 18.0 Å². The molecule has 9 heteroatoms. The van der Waals surface area contributed by atoms with Crippen LogP contribution in [0.4, 0.5) is 5.69 Å². The molecular weight excluding hydrogens is 356 g/mol. The summed E-state index contributed by atoms with van der Waals surface area (Å²) >= 11 is 0. The van der Waals surface area contributed by atoms with Gasteiger partial charge < -0.3 is 10.2 Å². The summed E-state index contributed by atoms with van der Waals surface area (Å²) in [5.41, 5.74) is 0.501. The van der Waals surface area contributed by atoms with Crippen molar-refractivity contribution in [2.75, 3.05) is 52.6 Å². The zero-order valence-electron chi connectivity index (χ0n) is 16.0. The highest BCUT2D eigenvalue weighted by molar-refractivity contribution is 7.89. The van der Waals surface area contributed by atoms with Gasteiger partial charge in [-0.05, 0) is 31.3 Å². The SMILES string of the molecule is CCN(CC)S(=O)(=O)c1ccc(NC(=O)CN(C)CC(=O)N(C)C)cc1. The van der Waals surface area contributed by atoms with Crippen LogP contribution in [0, 0.1) is 0 Å². The summed E-state index contributed by atoms with van der Waals surface area (Å²) < 4.78 is 26.2. The molecule has 0 radical (unpaired) electrons. The van der Waals surface area contributed by atoms with Crippen LogP contribution in [0.25, 0.3) is 0 Å². The number of hydrogen-bond donors (Lipinski definition) is 1. The molecule has 146 valence electrons. The van der Waals surface area contributed by atoms with Crippen LogP contribution < -0.4 is 5.32 Å². The molecule has 1 N–H and O–H groups in total. The molecule has 0 spiro atoms. The van der Waals surface area contributed by atoms with Crippen molar-refractivity contribution in [2.45, 2.75) is 18.7 Å². The molecule has 0 saturated heterocycles. The lowest BCUT2D eigenvalue weighted by Gasteiger charge is -2.19. The van der Waals surface area contributed by atoms with Crippen LogP contribution in [-0.2, 0) is 19.6 Å². The summed E-state index contributed by atoms with van der Waals surface area (Å²) in [7, 11) is 1.48. The molecule has 2 amide bonds. The lowest BCUT2D eigenvalue weighted by molar-refractivity contribution is -0.130. The maximum absolute atomic E-state index is 12.4. The first kappa shape index (κ1) is 22.1. The first-order valence-corrected chi connectivity index (χ1v) is 9.84. The van der Waals surface area contributed by atoms with Crippen LogP contribution in [-0.4, -0.2) is 81.7 Å². The second-order valence-corrected chi connectivity index (χ2v) is 8.06. The van der Waals surface area contributed by atoms with E-state index in [9.17, 15) is 18.0 Å². The Kier molecular flexibility index (Phi) is 8.19. The molecular formula is C17H28N4O4S. The van der Waals surface area contributed by atoms with Gasteiger partial charge in [-0.1, -0.05) is 13.8 Å². The summed E-state index contributed by atoms with van der Waals surface area (Å²) in [6, 6.07) is 6.06. The fraction of sp³-hybridized carbons (Fsp3) is 0.529. The third kappa shape index (κ3) is 6.08. The Morgan fingerprint density at radius 1 is 0.962 bits per heavy atom. The number of likely N-dealkylation sites (N-methyl/N-ethyl adjacent to an activating group) is 2. The Morgan fingerprint density at radius 2 is 1.50 bits per heavy atom. The van der Waals surface area contributed by atoms with Crippen LogP contribution in [0.15, 0.2) is 29.2 Å². The van der Waals surface area contributed by atoms with Crippen molar-refractivity contribution in [1.29, 1.82) is 0 Å². The minimum Gasteiger partial charge on any atom is -0.348 e. The fourth-order valence-electron chi connectivity index (χ4n) is 2.30. The van der Waals surface area contributed by atoms with Gasteiger partial charge in [0.15, 0.2) is 0 Å². The van der Waals surface area contributed by atoms with Crippen molar-refractivity contribution >= 4 is 27.5 Å². The average Bonchev–Trinajstić information content (AvgIpc) is 2.55. The van der Waals surface area contributed by atoms with E-state index in [0.29, 0.717) is 18.8 Å². The third-order valence-electron chi connectivity index (χ3n) is 3.80. The van der Waals surface area contributed by atoms with E-state index >= 15 is 0 Å². The van der Waals surface area contributed by atoms with E-state index in [1.54, 1.807) is 52.0 Å². The van der Waals surface area contributed by atoms with E-state index < -0.39 is 10.0 Å². The Labute approximate surface area is 155 Å². The quantitative estimate of drug-likeness (QED) is 0.676. The van der Waals surface area contributed by atoms with Gasteiger partial charge >= 0.3 is 0 Å². The van der Waals surface area contributed by atoms with Gasteiger partial charge in [-0.15, -0.1) is 0 Å². The Balaban J connectivity index is 2.70. The van der Waals surface area contributed by atoms with E-state index in [2.05, 4.69) is 5.32 Å². The van der Waals surface area contributed by atoms with Gasteiger partial charge in [0.05, 0.1) is 18.0 Å². The molecule has 0 unspecified atom stereocenters. The maximum Gasteiger partial charge on any atom is 0.243 e. The number of amides is 2. The first-order valence-electron chi connectivity index (χ1n) is 8.40. The van der Waals surface area contributed by atoms with Gasteiger partial charge in [-0.3, -0.25) is 14.5 Å². The molecule has 0 aliphatic carbocycles. The second-order valence-electron chi connectivity index (χ2n) is 6.12. The Morgan fingerprint density at radius 3 is 1.96 bits per heavy atom. The summed E-state index contributed by atoms with van der Waals surface area (Å²) in [5, 5.41) is 2.70. The van der Waals surface area contributed by atoms with Gasteiger partial charge in [-0.25, -0.2) is 8.42 Å². The van der Waals surface area contributed by atoms with E-state index in [1.807, 2.05) is 0 Å². The number of rotatable bonds is 9. The van der Waals surface area contributed by atoms with Crippen LogP contribution in [0.2, 0.25) is 0 Å². The second kappa shape index (κ2) is 9.65. The number of nitrogens with zero attached hydrogens (tertiary/aromatic N) is 3. The van der Waals surface area contributed by atoms with Crippen LogP contribution in [0.1, 0.15) is 13.8 Å². The standard InChI is InChI=1S/C17H28N4O4S/c1-6-21(7-2)26(24,25)15-10-8-14(9-11-15)18-16(22)12-20(5)13-17(23)19(3)4/h8-11H,6-7,12-13H2,1-5H3,(H,18,22). The molecule has 0 aliphatic heterocycles. The molecule has 0 fully saturated rings. The summed E-state index contributed by atoms with van der Waals surface area (Å²) in [4.78, 5) is 26.9. The highest BCUT2D eigenvalue weighted by atomic mass is 32.2. The number of nitrogens with one attached hydrogen (secondary N) is 1. The minimum absolute atomic E-state index is 0.0546. The van der Waals surface area contributed by atoms with Gasteiger partial charge in [0, 0.05) is 32.9 Å². The number of benzene rings is 1. The summed E-state index contributed by atoms with van der Waals surface area (Å²) in [6.07, 6.45) is 0. The van der Waals surface area contributed by atoms with Crippen molar-refractivity contribution in [2.24, 2.45) is 0 Å². The zero-order valence-corrected chi connectivity index (χ0v) is 16.8. The van der Waals surface area contributed by atoms with Crippen molar-refractivity contribution in [1.82, 2.24) is 14.1 Å². The number of carbonyl (C=O) groups is 2. The maximum atomic E-state index is 12.4. The fourth-order valence-corrected chi connectivity index (χ4v) is 3.75. The normalized spacial score (nSPS) is 11.7. The molecule has 26 heavy (non-hydrogen) atoms. The van der Waals surface area contributed by atoms with Crippen molar-refractivity contribution in [3.63, 3.8) is 0 Å². The van der Waals surface area contributed by atoms with Gasteiger partial charge in [0.25, 0.3) is 0 Å². The molecule has 0 atom stereocenters. The summed E-state index contributed by atoms with van der Waals surface area (Å²) in [5.74, 6) is -0.371. The van der Waals surface area contributed by atoms with Crippen molar-refractivity contribution in [3.05, 3.63) is 24.3 Å². The van der Waals surface area contributed by atoms with Crippen molar-refractivity contribution in [3.8, 4) is 0 Å². The van der Waals surface area contributed by atoms with Crippen LogP contribution in [0.5, 0.6) is 0 Å². The molecule has 1 aromatic rings. The third-order valence-corrected chi connectivity index (χ3v) is 5.86. The van der Waals surface area contributed by atoms with Gasteiger partial charge in [-0.2, -0.15) is 4.31 Å². The molecule has 0 saturated carbocycles. The topological polar surface area (TPSA) is 90.0 Å². The lowest BCUT2D eigenvalue weighted by Crippen LogP contribution is -2.38. The van der Waals surface area contributed by atoms with E-state index in [4.69, 9.17) is 0 Å². The number of carbonyl (C=O) groups excluding carboxylic acids is 2. The number of sulfonamides is 1. The number of hydrogen-bond acceptors (Lipinski definition) is 5. The number of anilines is 1. The Hall–Kier alpha value is -1.97. The average molecular weight is 385 g/mol. The first-order chi connectivity index (χ1) is 12.1. The van der Waals surface area contributed by atoms with Crippen LogP contribution in [0.3, 0.4) is 0 Å². The molecule has 0 bridgehead atoms. The molecule has 0 heterocycles. The Bertz CT molecular complexity index is 713. The largest absolute Gasteiger partial charge is 0.348 e. The lowest BCUT2D eigenvalue weighted by atomic mass is 10.3. The molecule has 0 aromatic heterocycles. The van der Waals surface area contributed by atoms with Crippen LogP contribution >= 0.6 is 0 Å². The highest BCUT2D eigenvalue weighted by Gasteiger charge is 2.21. The smallest absolute Gasteiger partial charge is 0.243 e. The van der Waals surface area contributed by atoms with E-state index in [0.717, 1.165) is 0 Å². The predicted molar refractivity (Wildman–Crippen MR) is 101 cm³/mol. The predicted octanol–water partition coefficient (Wildman–Crippen LogP) is 0.676. The monoisotopic (exact) mass is 384 g/mol. The molecule has 8 nitrogen and oxygen atoms in total. The van der Waals surface area contributed by atoms with Gasteiger partial charge in [0.2, 0.25) is 21.8 Å². The highest BCUT2D eigenvalue weighted by Crippen LogP contribution is 2.18. The zero-order chi connectivity index (χ0) is 19.9.